The summed E-state index contributed by atoms with van der Waals surface area (Å²) in [6.07, 6.45) is 3.08. The SMILES string of the molecule is Cc1cccc(CCC2(C(=O)N(C)[C@H](CN3C(=O)CCC3=O)C(=O)NO)CC2)c1. The van der Waals surface area contributed by atoms with E-state index in [1.165, 1.54) is 11.9 Å². The first-order chi connectivity index (χ1) is 13.8. The van der Waals surface area contributed by atoms with Gasteiger partial charge in [0.2, 0.25) is 17.7 Å². The predicted molar refractivity (Wildman–Crippen MR) is 104 cm³/mol. The molecule has 8 nitrogen and oxygen atoms in total. The Bertz CT molecular complexity index is 817. The van der Waals surface area contributed by atoms with Crippen LogP contribution < -0.4 is 5.48 Å². The van der Waals surface area contributed by atoms with Gasteiger partial charge < -0.3 is 4.90 Å². The van der Waals surface area contributed by atoms with E-state index >= 15 is 0 Å². The van der Waals surface area contributed by atoms with Crippen LogP contribution in [0.1, 0.15) is 43.2 Å². The van der Waals surface area contributed by atoms with E-state index < -0.39 is 17.4 Å². The zero-order valence-electron chi connectivity index (χ0n) is 16.8. The molecule has 2 N–H and O–H groups in total. The molecule has 1 aromatic carbocycles. The number of amides is 4. The second-order valence-electron chi connectivity index (χ2n) is 8.08. The number of hydroxylamine groups is 1. The van der Waals surface area contributed by atoms with Gasteiger partial charge in [0.05, 0.1) is 6.54 Å². The van der Waals surface area contributed by atoms with Gasteiger partial charge in [-0.15, -0.1) is 0 Å². The fourth-order valence-electron chi connectivity index (χ4n) is 3.94. The second kappa shape index (κ2) is 8.32. The topological polar surface area (TPSA) is 107 Å². The number of nitrogens with zero attached hydrogens (tertiary/aromatic N) is 2. The van der Waals surface area contributed by atoms with Gasteiger partial charge in [0.25, 0.3) is 5.91 Å². The van der Waals surface area contributed by atoms with E-state index in [0.29, 0.717) is 6.42 Å². The number of aryl methyl sites for hydroxylation is 2. The van der Waals surface area contributed by atoms with Crippen LogP contribution in [0.15, 0.2) is 24.3 Å². The van der Waals surface area contributed by atoms with E-state index in [0.717, 1.165) is 35.3 Å². The van der Waals surface area contributed by atoms with E-state index in [2.05, 4.69) is 6.07 Å². The summed E-state index contributed by atoms with van der Waals surface area (Å²) in [5.74, 6) is -1.75. The normalized spacial score (nSPS) is 18.5. The van der Waals surface area contributed by atoms with Crippen LogP contribution in [-0.2, 0) is 25.6 Å². The van der Waals surface area contributed by atoms with E-state index in [1.807, 2.05) is 25.1 Å². The number of nitrogens with one attached hydrogen (secondary N) is 1. The standard InChI is InChI=1S/C21H27N3O5/c1-14-4-3-5-15(12-14)8-9-21(10-11-21)20(28)23(2)16(19(27)22-29)13-24-17(25)6-7-18(24)26/h3-5,12,16,29H,6-11,13H2,1-2H3,(H,22,27)/t16-/m1/s1. The number of likely N-dealkylation sites (tertiary alicyclic amines) is 1. The lowest BCUT2D eigenvalue weighted by Gasteiger charge is -2.32. The van der Waals surface area contributed by atoms with Gasteiger partial charge >= 0.3 is 0 Å². The van der Waals surface area contributed by atoms with Crippen LogP contribution in [0.3, 0.4) is 0 Å². The zero-order chi connectivity index (χ0) is 21.2. The molecular formula is C21H27N3O5. The minimum Gasteiger partial charge on any atom is -0.331 e. The number of benzene rings is 1. The van der Waals surface area contributed by atoms with Crippen LogP contribution in [0, 0.1) is 12.3 Å². The van der Waals surface area contributed by atoms with Gasteiger partial charge in [-0.05, 0) is 38.2 Å². The number of hydrogen-bond donors (Lipinski definition) is 2. The van der Waals surface area contributed by atoms with Crippen LogP contribution in [0.5, 0.6) is 0 Å². The Hall–Kier alpha value is -2.74. The lowest BCUT2D eigenvalue weighted by atomic mass is 9.94. The average Bonchev–Trinajstić information content (AvgIpc) is 3.44. The quantitative estimate of drug-likeness (QED) is 0.387. The summed E-state index contributed by atoms with van der Waals surface area (Å²) in [5, 5.41) is 9.11. The molecule has 1 aliphatic heterocycles. The van der Waals surface area contributed by atoms with E-state index in [-0.39, 0.29) is 37.1 Å². The van der Waals surface area contributed by atoms with Crippen molar-refractivity contribution in [2.75, 3.05) is 13.6 Å². The Morgan fingerprint density at radius 1 is 1.24 bits per heavy atom. The van der Waals surface area contributed by atoms with E-state index in [4.69, 9.17) is 5.21 Å². The van der Waals surface area contributed by atoms with Crippen molar-refractivity contribution < 1.29 is 24.4 Å². The molecule has 0 unspecified atom stereocenters. The Morgan fingerprint density at radius 2 is 1.90 bits per heavy atom. The molecule has 1 aromatic rings. The molecule has 1 saturated carbocycles. The van der Waals surface area contributed by atoms with Crippen molar-refractivity contribution in [2.45, 2.75) is 51.5 Å². The van der Waals surface area contributed by atoms with Crippen molar-refractivity contribution in [2.24, 2.45) is 5.41 Å². The summed E-state index contributed by atoms with van der Waals surface area (Å²) < 4.78 is 0. The summed E-state index contributed by atoms with van der Waals surface area (Å²) in [7, 11) is 1.49. The Morgan fingerprint density at radius 3 is 2.45 bits per heavy atom. The maximum absolute atomic E-state index is 13.2. The summed E-state index contributed by atoms with van der Waals surface area (Å²) >= 11 is 0. The molecule has 4 amide bonds. The average molecular weight is 401 g/mol. The van der Waals surface area contributed by atoms with Crippen molar-refractivity contribution in [3.8, 4) is 0 Å². The first kappa shape index (κ1) is 21.0. The first-order valence-corrected chi connectivity index (χ1v) is 9.87. The molecule has 0 aromatic heterocycles. The highest BCUT2D eigenvalue weighted by Gasteiger charge is 2.52. The Labute approximate surface area is 169 Å². The molecule has 29 heavy (non-hydrogen) atoms. The molecule has 2 fully saturated rings. The number of carbonyl (C=O) groups is 4. The monoisotopic (exact) mass is 401 g/mol. The van der Waals surface area contributed by atoms with Crippen molar-refractivity contribution >= 4 is 23.6 Å². The van der Waals surface area contributed by atoms with Gasteiger partial charge in [-0.25, -0.2) is 5.48 Å². The van der Waals surface area contributed by atoms with Crippen LogP contribution >= 0.6 is 0 Å². The fourth-order valence-corrected chi connectivity index (χ4v) is 3.94. The lowest BCUT2D eigenvalue weighted by Crippen LogP contribution is -2.55. The molecule has 0 radical (unpaired) electrons. The summed E-state index contributed by atoms with van der Waals surface area (Å²) in [4.78, 5) is 51.5. The molecule has 1 saturated heterocycles. The van der Waals surface area contributed by atoms with Crippen molar-refractivity contribution in [3.63, 3.8) is 0 Å². The summed E-state index contributed by atoms with van der Waals surface area (Å²) in [5.41, 5.74) is 3.34. The molecule has 0 bridgehead atoms. The van der Waals surface area contributed by atoms with Gasteiger partial charge in [-0.3, -0.25) is 29.3 Å². The Balaban J connectivity index is 1.70. The van der Waals surface area contributed by atoms with Crippen molar-refractivity contribution in [1.82, 2.24) is 15.3 Å². The summed E-state index contributed by atoms with van der Waals surface area (Å²) in [6, 6.07) is 7.01. The van der Waals surface area contributed by atoms with E-state index in [9.17, 15) is 19.2 Å². The molecule has 1 aliphatic carbocycles. The van der Waals surface area contributed by atoms with Gasteiger partial charge in [-0.2, -0.15) is 0 Å². The van der Waals surface area contributed by atoms with Gasteiger partial charge in [0, 0.05) is 25.3 Å². The van der Waals surface area contributed by atoms with Crippen LogP contribution in [-0.4, -0.2) is 58.3 Å². The minimum atomic E-state index is -1.13. The van der Waals surface area contributed by atoms with Crippen LogP contribution in [0.25, 0.3) is 0 Å². The lowest BCUT2D eigenvalue weighted by molar-refractivity contribution is -0.150. The third-order valence-electron chi connectivity index (χ3n) is 5.99. The number of carbonyl (C=O) groups excluding carboxylic acids is 4. The smallest absolute Gasteiger partial charge is 0.267 e. The zero-order valence-corrected chi connectivity index (χ0v) is 16.8. The first-order valence-electron chi connectivity index (χ1n) is 9.87. The molecule has 156 valence electrons. The molecule has 8 heteroatoms. The van der Waals surface area contributed by atoms with Gasteiger partial charge in [-0.1, -0.05) is 29.8 Å². The van der Waals surface area contributed by atoms with Crippen LogP contribution in [0.4, 0.5) is 0 Å². The number of imide groups is 1. The van der Waals surface area contributed by atoms with Crippen LogP contribution in [0.2, 0.25) is 0 Å². The maximum atomic E-state index is 13.2. The highest BCUT2D eigenvalue weighted by Crippen LogP contribution is 2.51. The third kappa shape index (κ3) is 4.48. The highest BCUT2D eigenvalue weighted by atomic mass is 16.5. The molecule has 3 rings (SSSR count). The number of rotatable bonds is 8. The number of hydrogen-bond acceptors (Lipinski definition) is 5. The number of likely N-dealkylation sites (N-methyl/N-ethyl adjacent to an activating group) is 1. The summed E-state index contributed by atoms with van der Waals surface area (Å²) in [6.45, 7) is 1.77. The highest BCUT2D eigenvalue weighted by molar-refractivity contribution is 6.02. The molecule has 1 atom stereocenters. The van der Waals surface area contributed by atoms with Crippen molar-refractivity contribution in [1.29, 1.82) is 0 Å². The fraction of sp³-hybridized carbons (Fsp3) is 0.524. The molecular weight excluding hydrogens is 374 g/mol. The molecule has 2 aliphatic rings. The third-order valence-corrected chi connectivity index (χ3v) is 5.99. The Kier molecular flexibility index (Phi) is 6.02. The maximum Gasteiger partial charge on any atom is 0.267 e. The van der Waals surface area contributed by atoms with Gasteiger partial charge in [0.1, 0.15) is 6.04 Å². The second-order valence-corrected chi connectivity index (χ2v) is 8.08. The molecule has 0 spiro atoms. The van der Waals surface area contributed by atoms with Crippen molar-refractivity contribution in [3.05, 3.63) is 35.4 Å². The largest absolute Gasteiger partial charge is 0.331 e. The van der Waals surface area contributed by atoms with E-state index in [1.54, 1.807) is 5.48 Å². The molecule has 1 heterocycles. The minimum absolute atomic E-state index is 0.102. The van der Waals surface area contributed by atoms with Gasteiger partial charge in [0.15, 0.2) is 0 Å². The predicted octanol–water partition coefficient (Wildman–Crippen LogP) is 1.19.